The van der Waals surface area contributed by atoms with Crippen molar-refractivity contribution in [3.63, 3.8) is 0 Å². The van der Waals surface area contributed by atoms with E-state index in [0.29, 0.717) is 9.99 Å². The van der Waals surface area contributed by atoms with Crippen LogP contribution in [0.5, 0.6) is 5.75 Å². The Kier molecular flexibility index (Phi) is 2.19. The minimum Gasteiger partial charge on any atom is -0.508 e. The van der Waals surface area contributed by atoms with Gasteiger partial charge in [0.05, 0.1) is 5.56 Å². The number of hydrogen-bond acceptors (Lipinski definition) is 2. The maximum Gasteiger partial charge on any atom is 0.339 e. The van der Waals surface area contributed by atoms with E-state index in [1.54, 1.807) is 17.7 Å². The Morgan fingerprint density at radius 1 is 1.47 bits per heavy atom. The molecule has 0 saturated heterocycles. The Bertz CT molecular complexity index is 559. The minimum atomic E-state index is -1.02. The molecule has 0 aliphatic carbocycles. The van der Waals surface area contributed by atoms with Gasteiger partial charge < -0.3 is 14.8 Å². The van der Waals surface area contributed by atoms with E-state index in [4.69, 9.17) is 5.11 Å². The Morgan fingerprint density at radius 2 is 2.13 bits per heavy atom. The first-order valence-corrected chi connectivity index (χ1v) is 5.02. The average Bonchev–Trinajstić information content (AvgIpc) is 2.39. The van der Waals surface area contributed by atoms with Gasteiger partial charge in [0.25, 0.3) is 0 Å². The number of hydrogen-bond donors (Lipinski definition) is 2. The zero-order valence-electron chi connectivity index (χ0n) is 7.86. The molecule has 78 valence electrons. The second kappa shape index (κ2) is 3.27. The SMILES string of the molecule is Cn1c(Br)c(C(=O)O)c2cc(O)ccc21. The first kappa shape index (κ1) is 10.0. The number of nitrogens with zero attached hydrogens (tertiary/aromatic N) is 1. The average molecular weight is 270 g/mol. The van der Waals surface area contributed by atoms with Gasteiger partial charge in [0, 0.05) is 18.0 Å². The van der Waals surface area contributed by atoms with Crippen LogP contribution in [-0.4, -0.2) is 20.7 Å². The van der Waals surface area contributed by atoms with Crippen LogP contribution >= 0.6 is 15.9 Å². The smallest absolute Gasteiger partial charge is 0.339 e. The second-order valence-corrected chi connectivity index (χ2v) is 3.98. The topological polar surface area (TPSA) is 62.5 Å². The van der Waals surface area contributed by atoms with Crippen LogP contribution < -0.4 is 0 Å². The molecule has 0 bridgehead atoms. The Balaban J connectivity index is 2.95. The van der Waals surface area contributed by atoms with Gasteiger partial charge in [0.15, 0.2) is 0 Å². The summed E-state index contributed by atoms with van der Waals surface area (Å²) in [6.45, 7) is 0. The van der Waals surface area contributed by atoms with Crippen molar-refractivity contribution in [1.82, 2.24) is 4.57 Å². The highest BCUT2D eigenvalue weighted by atomic mass is 79.9. The molecule has 4 nitrogen and oxygen atoms in total. The summed E-state index contributed by atoms with van der Waals surface area (Å²) in [6, 6.07) is 4.66. The van der Waals surface area contributed by atoms with Crippen molar-refractivity contribution in [2.45, 2.75) is 0 Å². The Labute approximate surface area is 93.9 Å². The van der Waals surface area contributed by atoms with E-state index in [-0.39, 0.29) is 11.3 Å². The Morgan fingerprint density at radius 3 is 2.73 bits per heavy atom. The summed E-state index contributed by atoms with van der Waals surface area (Å²) in [4.78, 5) is 11.0. The molecule has 0 saturated carbocycles. The van der Waals surface area contributed by atoms with E-state index >= 15 is 0 Å². The summed E-state index contributed by atoms with van der Waals surface area (Å²) in [5.41, 5.74) is 0.931. The minimum absolute atomic E-state index is 0.0584. The van der Waals surface area contributed by atoms with E-state index < -0.39 is 5.97 Å². The van der Waals surface area contributed by atoms with Gasteiger partial charge in [-0.15, -0.1) is 0 Å². The van der Waals surface area contributed by atoms with Crippen molar-refractivity contribution < 1.29 is 15.0 Å². The van der Waals surface area contributed by atoms with E-state index in [1.807, 2.05) is 0 Å². The number of carboxylic acid groups (broad SMARTS) is 1. The third-order valence-corrected chi connectivity index (χ3v) is 3.25. The first-order chi connectivity index (χ1) is 7.02. The zero-order chi connectivity index (χ0) is 11.2. The van der Waals surface area contributed by atoms with Crippen LogP contribution in [0.25, 0.3) is 10.9 Å². The molecule has 0 atom stereocenters. The van der Waals surface area contributed by atoms with Crippen LogP contribution in [0, 0.1) is 0 Å². The lowest BCUT2D eigenvalue weighted by Gasteiger charge is -1.96. The van der Waals surface area contributed by atoms with E-state index in [9.17, 15) is 9.90 Å². The molecule has 0 spiro atoms. The van der Waals surface area contributed by atoms with Crippen LogP contribution in [0.2, 0.25) is 0 Å². The molecular formula is C10H8BrNO3. The Hall–Kier alpha value is -1.49. The number of aromatic carboxylic acids is 1. The lowest BCUT2D eigenvalue weighted by molar-refractivity contribution is 0.0698. The zero-order valence-corrected chi connectivity index (χ0v) is 9.45. The van der Waals surface area contributed by atoms with Gasteiger partial charge in [0.1, 0.15) is 10.4 Å². The number of halogens is 1. The van der Waals surface area contributed by atoms with Gasteiger partial charge in [0.2, 0.25) is 0 Å². The number of phenolic OH excluding ortho intramolecular Hbond substituents is 1. The number of rotatable bonds is 1. The highest BCUT2D eigenvalue weighted by Crippen LogP contribution is 2.31. The van der Waals surface area contributed by atoms with Crippen LogP contribution in [-0.2, 0) is 7.05 Å². The number of aromatic hydroxyl groups is 1. The predicted octanol–water partition coefficient (Wildman–Crippen LogP) is 2.34. The summed E-state index contributed by atoms with van der Waals surface area (Å²) < 4.78 is 2.22. The maximum absolute atomic E-state index is 11.0. The molecule has 0 unspecified atom stereocenters. The molecular weight excluding hydrogens is 262 g/mol. The number of aromatic nitrogens is 1. The molecule has 0 aliphatic heterocycles. The number of carbonyl (C=O) groups is 1. The fourth-order valence-electron chi connectivity index (χ4n) is 1.60. The summed E-state index contributed by atoms with van der Waals surface area (Å²) in [5, 5.41) is 18.9. The van der Waals surface area contributed by atoms with Crippen molar-refractivity contribution in [2.75, 3.05) is 0 Å². The molecule has 2 aromatic rings. The third-order valence-electron chi connectivity index (χ3n) is 2.33. The monoisotopic (exact) mass is 269 g/mol. The molecule has 1 heterocycles. The van der Waals surface area contributed by atoms with E-state index in [1.165, 1.54) is 12.1 Å². The molecule has 0 amide bonds. The van der Waals surface area contributed by atoms with E-state index in [0.717, 1.165) is 5.52 Å². The molecule has 0 radical (unpaired) electrons. The van der Waals surface area contributed by atoms with Gasteiger partial charge in [-0.05, 0) is 34.1 Å². The van der Waals surface area contributed by atoms with Crippen molar-refractivity contribution in [3.8, 4) is 5.75 Å². The van der Waals surface area contributed by atoms with Crippen LogP contribution in [0.4, 0.5) is 0 Å². The molecule has 0 fully saturated rings. The molecule has 0 aliphatic rings. The fraction of sp³-hybridized carbons (Fsp3) is 0.100. The molecule has 1 aromatic carbocycles. The summed E-state index contributed by atoms with van der Waals surface area (Å²) >= 11 is 3.22. The molecule has 5 heteroatoms. The summed E-state index contributed by atoms with van der Waals surface area (Å²) in [5.74, 6) is -0.957. The van der Waals surface area contributed by atoms with Gasteiger partial charge in [-0.1, -0.05) is 0 Å². The number of aryl methyl sites for hydroxylation is 1. The largest absolute Gasteiger partial charge is 0.508 e. The lowest BCUT2D eigenvalue weighted by Crippen LogP contribution is -1.96. The molecule has 1 aromatic heterocycles. The third kappa shape index (κ3) is 1.39. The quantitative estimate of drug-likeness (QED) is 0.836. The lowest BCUT2D eigenvalue weighted by atomic mass is 10.2. The van der Waals surface area contributed by atoms with Crippen LogP contribution in [0.3, 0.4) is 0 Å². The fourth-order valence-corrected chi connectivity index (χ4v) is 2.18. The highest BCUT2D eigenvalue weighted by molar-refractivity contribution is 9.10. The van der Waals surface area contributed by atoms with Crippen LogP contribution in [0.15, 0.2) is 22.8 Å². The number of carboxylic acids is 1. The van der Waals surface area contributed by atoms with Crippen LogP contribution in [0.1, 0.15) is 10.4 Å². The van der Waals surface area contributed by atoms with Crippen molar-refractivity contribution >= 4 is 32.8 Å². The summed E-state index contributed by atoms with van der Waals surface area (Å²) in [7, 11) is 1.76. The normalized spacial score (nSPS) is 10.8. The molecule has 2 rings (SSSR count). The number of fused-ring (bicyclic) bond motifs is 1. The van der Waals surface area contributed by atoms with Gasteiger partial charge >= 0.3 is 5.97 Å². The highest BCUT2D eigenvalue weighted by Gasteiger charge is 2.18. The van der Waals surface area contributed by atoms with E-state index in [2.05, 4.69) is 15.9 Å². The van der Waals surface area contributed by atoms with Crippen molar-refractivity contribution in [3.05, 3.63) is 28.4 Å². The van der Waals surface area contributed by atoms with Gasteiger partial charge in [-0.3, -0.25) is 0 Å². The van der Waals surface area contributed by atoms with Gasteiger partial charge in [-0.25, -0.2) is 4.79 Å². The maximum atomic E-state index is 11.0. The van der Waals surface area contributed by atoms with Crippen molar-refractivity contribution in [1.29, 1.82) is 0 Å². The van der Waals surface area contributed by atoms with Gasteiger partial charge in [-0.2, -0.15) is 0 Å². The number of benzene rings is 1. The standard InChI is InChI=1S/C10H8BrNO3/c1-12-7-3-2-5(13)4-6(7)8(9(12)11)10(14)15/h2-4,13H,1H3,(H,14,15). The molecule has 2 N–H and O–H groups in total. The number of phenols is 1. The second-order valence-electron chi connectivity index (χ2n) is 3.23. The summed E-state index contributed by atoms with van der Waals surface area (Å²) in [6.07, 6.45) is 0. The predicted molar refractivity (Wildman–Crippen MR) is 59.2 cm³/mol. The van der Waals surface area contributed by atoms with Crippen molar-refractivity contribution in [2.24, 2.45) is 7.05 Å². The first-order valence-electron chi connectivity index (χ1n) is 4.22. The molecule has 15 heavy (non-hydrogen) atoms.